The number of carbonyl (C=O) groups is 2. The Morgan fingerprint density at radius 1 is 0.893 bits per heavy atom. The van der Waals surface area contributed by atoms with Crippen molar-refractivity contribution in [2.24, 2.45) is 0 Å². The topological polar surface area (TPSA) is 126 Å². The Labute approximate surface area is 160 Å². The number of amides is 1. The van der Waals surface area contributed by atoms with Gasteiger partial charge in [0.2, 0.25) is 11.7 Å². The summed E-state index contributed by atoms with van der Waals surface area (Å²) < 4.78 is 32.6. The molecule has 0 radical (unpaired) electrons. The molecule has 8 nitrogen and oxygen atoms in total. The van der Waals surface area contributed by atoms with E-state index < -0.39 is 16.0 Å². The fraction of sp³-hybridized carbons (Fsp3) is 0.0526. The highest BCUT2D eigenvalue weighted by molar-refractivity contribution is 7.92. The number of carboxylic acids is 1. The van der Waals surface area contributed by atoms with Crippen molar-refractivity contribution in [2.45, 2.75) is 11.8 Å². The minimum atomic E-state index is -3.81. The van der Waals surface area contributed by atoms with Gasteiger partial charge in [0.1, 0.15) is 5.76 Å². The van der Waals surface area contributed by atoms with Crippen LogP contribution in [0.4, 0.5) is 11.4 Å². The van der Waals surface area contributed by atoms with Crippen molar-refractivity contribution in [2.75, 3.05) is 10.0 Å². The molecule has 0 spiro atoms. The predicted molar refractivity (Wildman–Crippen MR) is 103 cm³/mol. The summed E-state index contributed by atoms with van der Waals surface area (Å²) in [6.45, 7) is 1.36. The summed E-state index contributed by atoms with van der Waals surface area (Å²) in [5, 5.41) is 11.5. The lowest BCUT2D eigenvalue weighted by Crippen LogP contribution is -2.13. The van der Waals surface area contributed by atoms with Gasteiger partial charge in [-0.15, -0.1) is 0 Å². The van der Waals surface area contributed by atoms with Crippen LogP contribution in [0.15, 0.2) is 70.0 Å². The fourth-order valence-corrected chi connectivity index (χ4v) is 3.50. The number of carbonyl (C=O) groups excluding carboxylic acids is 1. The van der Waals surface area contributed by atoms with E-state index in [1.165, 1.54) is 43.3 Å². The average Bonchev–Trinajstić information content (AvgIpc) is 3.12. The van der Waals surface area contributed by atoms with Gasteiger partial charge < -0.3 is 14.8 Å². The van der Waals surface area contributed by atoms with Gasteiger partial charge in [-0.2, -0.15) is 0 Å². The molecule has 0 saturated heterocycles. The highest BCUT2D eigenvalue weighted by Crippen LogP contribution is 2.25. The van der Waals surface area contributed by atoms with Gasteiger partial charge in [0.05, 0.1) is 4.90 Å². The smallest absolute Gasteiger partial charge is 0.371 e. The third-order valence-corrected chi connectivity index (χ3v) is 5.12. The molecule has 3 rings (SSSR count). The van der Waals surface area contributed by atoms with E-state index in [1.54, 1.807) is 24.3 Å². The first-order chi connectivity index (χ1) is 13.2. The van der Waals surface area contributed by atoms with Crippen LogP contribution in [0, 0.1) is 0 Å². The Kier molecular flexibility index (Phi) is 5.18. The van der Waals surface area contributed by atoms with E-state index in [0.717, 1.165) is 0 Å². The molecule has 1 heterocycles. The maximum atomic E-state index is 12.5. The highest BCUT2D eigenvalue weighted by Gasteiger charge is 2.15. The van der Waals surface area contributed by atoms with E-state index in [2.05, 4.69) is 10.0 Å². The van der Waals surface area contributed by atoms with Gasteiger partial charge in [0, 0.05) is 23.9 Å². The lowest BCUT2D eigenvalue weighted by atomic mass is 10.1. The number of carboxylic acid groups (broad SMARTS) is 1. The largest absolute Gasteiger partial charge is 0.475 e. The van der Waals surface area contributed by atoms with E-state index in [0.29, 0.717) is 22.7 Å². The van der Waals surface area contributed by atoms with Crippen LogP contribution in [0.3, 0.4) is 0 Å². The summed E-state index contributed by atoms with van der Waals surface area (Å²) in [5.74, 6) is -1.23. The van der Waals surface area contributed by atoms with E-state index in [-0.39, 0.29) is 16.6 Å². The molecule has 0 aliphatic heterocycles. The average molecular weight is 400 g/mol. The number of hydrogen-bond donors (Lipinski definition) is 3. The van der Waals surface area contributed by atoms with Gasteiger partial charge in [-0.1, -0.05) is 0 Å². The molecule has 9 heteroatoms. The molecule has 3 N–H and O–H groups in total. The Balaban J connectivity index is 1.75. The maximum absolute atomic E-state index is 12.5. The number of nitrogens with one attached hydrogen (secondary N) is 2. The van der Waals surface area contributed by atoms with E-state index in [4.69, 9.17) is 9.52 Å². The number of anilines is 2. The van der Waals surface area contributed by atoms with Crippen LogP contribution in [0.5, 0.6) is 0 Å². The Hall–Kier alpha value is -3.59. The van der Waals surface area contributed by atoms with Gasteiger partial charge in [-0.25, -0.2) is 13.2 Å². The lowest BCUT2D eigenvalue weighted by molar-refractivity contribution is -0.114. The van der Waals surface area contributed by atoms with Crippen LogP contribution in [-0.4, -0.2) is 25.4 Å². The predicted octanol–water partition coefficient (Wildman–Crippen LogP) is 3.40. The van der Waals surface area contributed by atoms with E-state index in [9.17, 15) is 18.0 Å². The number of aromatic carboxylic acids is 1. The van der Waals surface area contributed by atoms with Crippen LogP contribution < -0.4 is 10.0 Å². The molecule has 144 valence electrons. The van der Waals surface area contributed by atoms with Gasteiger partial charge in [-0.3, -0.25) is 9.52 Å². The van der Waals surface area contributed by atoms with Crippen molar-refractivity contribution < 1.29 is 27.5 Å². The third-order valence-electron chi connectivity index (χ3n) is 3.72. The molecule has 0 fully saturated rings. The first kappa shape index (κ1) is 19.2. The van der Waals surface area contributed by atoms with Crippen LogP contribution >= 0.6 is 0 Å². The van der Waals surface area contributed by atoms with Crippen LogP contribution in [0.2, 0.25) is 0 Å². The van der Waals surface area contributed by atoms with Crippen molar-refractivity contribution in [1.82, 2.24) is 0 Å². The second-order valence-corrected chi connectivity index (χ2v) is 7.54. The van der Waals surface area contributed by atoms with Crippen molar-refractivity contribution >= 4 is 33.3 Å². The number of hydrogen-bond acceptors (Lipinski definition) is 5. The summed E-state index contributed by atoms with van der Waals surface area (Å²) in [5.41, 5.74) is 1.43. The zero-order chi connectivity index (χ0) is 20.3. The molecule has 2 aromatic carbocycles. The second-order valence-electron chi connectivity index (χ2n) is 5.86. The van der Waals surface area contributed by atoms with Crippen molar-refractivity contribution in [3.8, 4) is 11.3 Å². The molecular weight excluding hydrogens is 384 g/mol. The van der Waals surface area contributed by atoms with Crippen molar-refractivity contribution in [3.63, 3.8) is 0 Å². The molecule has 0 aliphatic carbocycles. The fourth-order valence-electron chi connectivity index (χ4n) is 2.45. The molecule has 28 heavy (non-hydrogen) atoms. The monoisotopic (exact) mass is 400 g/mol. The zero-order valence-electron chi connectivity index (χ0n) is 14.7. The molecule has 0 aliphatic rings. The molecule has 0 atom stereocenters. The molecular formula is C19H16N2O6S. The van der Waals surface area contributed by atoms with E-state index >= 15 is 0 Å². The van der Waals surface area contributed by atoms with Gasteiger partial charge in [0.25, 0.3) is 10.0 Å². The summed E-state index contributed by atoms with van der Waals surface area (Å²) >= 11 is 0. The zero-order valence-corrected chi connectivity index (χ0v) is 15.5. The summed E-state index contributed by atoms with van der Waals surface area (Å²) in [7, 11) is -3.81. The van der Waals surface area contributed by atoms with Crippen molar-refractivity contribution in [3.05, 3.63) is 66.4 Å². The number of rotatable bonds is 6. The molecule has 0 saturated carbocycles. The standard InChI is InChI=1S/C19H16N2O6S/c1-12(22)20-14-6-8-16(9-7-14)28(25,26)21-15-4-2-13(3-5-15)17-10-11-18(27-17)19(23)24/h2-11,21H,1H3,(H,20,22)(H,23,24). The second kappa shape index (κ2) is 7.57. The Morgan fingerprint density at radius 2 is 1.50 bits per heavy atom. The highest BCUT2D eigenvalue weighted by atomic mass is 32.2. The molecule has 0 bridgehead atoms. The number of furan rings is 1. The Bertz CT molecular complexity index is 1120. The summed E-state index contributed by atoms with van der Waals surface area (Å²) in [6, 6.07) is 15.0. The molecule has 3 aromatic rings. The minimum absolute atomic E-state index is 0.0443. The normalized spacial score (nSPS) is 11.0. The minimum Gasteiger partial charge on any atom is -0.475 e. The van der Waals surface area contributed by atoms with Crippen molar-refractivity contribution in [1.29, 1.82) is 0 Å². The van der Waals surface area contributed by atoms with Gasteiger partial charge in [0.15, 0.2) is 0 Å². The van der Waals surface area contributed by atoms with Crippen LogP contribution in [0.25, 0.3) is 11.3 Å². The van der Waals surface area contributed by atoms with Gasteiger partial charge >= 0.3 is 5.97 Å². The lowest BCUT2D eigenvalue weighted by Gasteiger charge is -2.09. The first-order valence-corrected chi connectivity index (χ1v) is 9.57. The van der Waals surface area contributed by atoms with Crippen LogP contribution in [-0.2, 0) is 14.8 Å². The number of benzene rings is 2. The first-order valence-electron chi connectivity index (χ1n) is 8.09. The Morgan fingerprint density at radius 3 is 2.04 bits per heavy atom. The van der Waals surface area contributed by atoms with Gasteiger partial charge in [-0.05, 0) is 60.7 Å². The molecule has 1 amide bonds. The summed E-state index contributed by atoms with van der Waals surface area (Å²) in [6.07, 6.45) is 0. The molecule has 1 aromatic heterocycles. The van der Waals surface area contributed by atoms with E-state index in [1.807, 2.05) is 0 Å². The number of sulfonamides is 1. The maximum Gasteiger partial charge on any atom is 0.371 e. The third kappa shape index (κ3) is 4.38. The SMILES string of the molecule is CC(=O)Nc1ccc(S(=O)(=O)Nc2ccc(-c3ccc(C(=O)O)o3)cc2)cc1. The van der Waals surface area contributed by atoms with Crippen LogP contribution in [0.1, 0.15) is 17.5 Å². The molecule has 0 unspecified atom stereocenters. The summed E-state index contributed by atoms with van der Waals surface area (Å²) in [4.78, 5) is 21.9. The quantitative estimate of drug-likeness (QED) is 0.582.